The van der Waals surface area contributed by atoms with E-state index in [9.17, 15) is 9.59 Å². The number of carboxylic acids is 1. The summed E-state index contributed by atoms with van der Waals surface area (Å²) in [5.74, 6) is -0.776. The zero-order valence-corrected chi connectivity index (χ0v) is 16.7. The second-order valence-corrected chi connectivity index (χ2v) is 8.10. The average Bonchev–Trinajstić information content (AvgIpc) is 3.04. The fraction of sp³-hybridized carbons (Fsp3) is 0.500. The van der Waals surface area contributed by atoms with Gasteiger partial charge in [0.2, 0.25) is 5.91 Å². The highest BCUT2D eigenvalue weighted by Gasteiger charge is 2.30. The number of aliphatic carboxylic acids is 1. The van der Waals surface area contributed by atoms with Crippen LogP contribution < -0.4 is 0 Å². The van der Waals surface area contributed by atoms with Gasteiger partial charge in [-0.2, -0.15) is 0 Å². The first-order chi connectivity index (χ1) is 12.9. The van der Waals surface area contributed by atoms with Gasteiger partial charge in [0.1, 0.15) is 0 Å². The lowest BCUT2D eigenvalue weighted by atomic mass is 10.00. The number of rotatable bonds is 5. The Morgan fingerprint density at radius 1 is 1.19 bits per heavy atom. The topological polar surface area (TPSA) is 60.9 Å². The number of hydrogen-bond donors (Lipinski definition) is 1. The third kappa shape index (κ3) is 5.47. The van der Waals surface area contributed by atoms with Crippen molar-refractivity contribution in [3.63, 3.8) is 0 Å². The number of halogens is 2. The second-order valence-electron chi connectivity index (χ2n) is 7.29. The molecule has 1 aromatic carbocycles. The van der Waals surface area contributed by atoms with Gasteiger partial charge >= 0.3 is 5.97 Å². The van der Waals surface area contributed by atoms with Crippen LogP contribution in [-0.4, -0.2) is 59.0 Å². The number of likely N-dealkylation sites (tertiary alicyclic amines) is 2. The molecule has 1 aromatic rings. The molecule has 0 saturated carbocycles. The van der Waals surface area contributed by atoms with Crippen LogP contribution in [-0.2, 0) is 16.0 Å². The molecule has 0 bridgehead atoms. The van der Waals surface area contributed by atoms with E-state index in [1.54, 1.807) is 12.1 Å². The van der Waals surface area contributed by atoms with Crippen molar-refractivity contribution in [3.05, 3.63) is 45.5 Å². The van der Waals surface area contributed by atoms with Crippen molar-refractivity contribution >= 4 is 35.1 Å². The Morgan fingerprint density at radius 2 is 2.00 bits per heavy atom. The standard InChI is InChI=1S/C20H24Cl2N2O3/c21-17-5-4-14(9-18(17)22)10-19(25)24-7-2-1-3-16(24)13-23-8-6-15(12-23)11-20(26)27/h4-5,9,11,16H,1-3,6-8,10,12-13H2,(H,26,27)/b15-11-. The molecule has 2 heterocycles. The van der Waals surface area contributed by atoms with Crippen molar-refractivity contribution in [1.82, 2.24) is 9.80 Å². The molecule has 146 valence electrons. The van der Waals surface area contributed by atoms with E-state index in [-0.39, 0.29) is 11.9 Å². The quantitative estimate of drug-likeness (QED) is 0.752. The summed E-state index contributed by atoms with van der Waals surface area (Å²) >= 11 is 12.0. The first-order valence-electron chi connectivity index (χ1n) is 9.30. The molecule has 0 radical (unpaired) electrons. The van der Waals surface area contributed by atoms with Crippen LogP contribution in [0.25, 0.3) is 0 Å². The maximum absolute atomic E-state index is 12.9. The van der Waals surface area contributed by atoms with Crippen LogP contribution in [0, 0.1) is 0 Å². The SMILES string of the molecule is O=C(O)/C=C1/CCN(CC2CCCCN2C(=O)Cc2ccc(Cl)c(Cl)c2)C1. The molecule has 1 unspecified atom stereocenters. The smallest absolute Gasteiger partial charge is 0.328 e. The van der Waals surface area contributed by atoms with Gasteiger partial charge in [-0.05, 0) is 49.0 Å². The Bertz CT molecular complexity index is 751. The lowest BCUT2D eigenvalue weighted by molar-refractivity contribution is -0.134. The van der Waals surface area contributed by atoms with Crippen LogP contribution in [0.4, 0.5) is 0 Å². The molecule has 2 fully saturated rings. The van der Waals surface area contributed by atoms with E-state index < -0.39 is 5.97 Å². The summed E-state index contributed by atoms with van der Waals surface area (Å²) < 4.78 is 0. The van der Waals surface area contributed by atoms with Gasteiger partial charge < -0.3 is 10.0 Å². The summed E-state index contributed by atoms with van der Waals surface area (Å²) in [5.41, 5.74) is 1.82. The van der Waals surface area contributed by atoms with Crippen LogP contribution >= 0.6 is 23.2 Å². The fourth-order valence-electron chi connectivity index (χ4n) is 3.94. The number of carbonyl (C=O) groups is 2. The lowest BCUT2D eigenvalue weighted by Gasteiger charge is -2.38. The normalized spacial score (nSPS) is 22.4. The molecule has 3 rings (SSSR count). The average molecular weight is 411 g/mol. The van der Waals surface area contributed by atoms with Crippen molar-refractivity contribution in [2.45, 2.75) is 38.1 Å². The summed E-state index contributed by atoms with van der Waals surface area (Å²) in [6.07, 6.45) is 5.55. The van der Waals surface area contributed by atoms with Gasteiger partial charge in [-0.3, -0.25) is 9.69 Å². The number of carboxylic acid groups (broad SMARTS) is 1. The molecular formula is C20H24Cl2N2O3. The van der Waals surface area contributed by atoms with E-state index in [1.807, 2.05) is 11.0 Å². The van der Waals surface area contributed by atoms with Crippen molar-refractivity contribution in [2.24, 2.45) is 0 Å². The third-order valence-corrected chi connectivity index (χ3v) is 6.00. The number of amides is 1. The molecule has 7 heteroatoms. The molecule has 1 N–H and O–H groups in total. The third-order valence-electron chi connectivity index (χ3n) is 5.26. The molecule has 27 heavy (non-hydrogen) atoms. The van der Waals surface area contributed by atoms with E-state index in [2.05, 4.69) is 4.90 Å². The van der Waals surface area contributed by atoms with Crippen molar-refractivity contribution < 1.29 is 14.7 Å². The second kappa shape index (κ2) is 9.09. The molecule has 1 atom stereocenters. The van der Waals surface area contributed by atoms with Crippen LogP contribution in [0.15, 0.2) is 29.8 Å². The highest BCUT2D eigenvalue weighted by atomic mass is 35.5. The Balaban J connectivity index is 1.62. The number of hydrogen-bond acceptors (Lipinski definition) is 3. The predicted molar refractivity (Wildman–Crippen MR) is 106 cm³/mol. The summed E-state index contributed by atoms with van der Waals surface area (Å²) in [7, 11) is 0. The van der Waals surface area contributed by atoms with E-state index >= 15 is 0 Å². The Labute approximate surface area is 169 Å². The molecule has 5 nitrogen and oxygen atoms in total. The van der Waals surface area contributed by atoms with Gasteiger partial charge in [0.05, 0.1) is 16.5 Å². The number of carbonyl (C=O) groups excluding carboxylic acids is 1. The summed E-state index contributed by atoms with van der Waals surface area (Å²) in [6.45, 7) is 3.10. The number of piperidine rings is 1. The zero-order chi connectivity index (χ0) is 19.4. The highest BCUT2D eigenvalue weighted by Crippen LogP contribution is 2.25. The number of nitrogens with zero attached hydrogens (tertiary/aromatic N) is 2. The first kappa shape index (κ1) is 20.2. The molecule has 2 aliphatic heterocycles. The van der Waals surface area contributed by atoms with Gasteiger partial charge in [-0.25, -0.2) is 4.79 Å². The fourth-order valence-corrected chi connectivity index (χ4v) is 4.26. The zero-order valence-electron chi connectivity index (χ0n) is 15.2. The van der Waals surface area contributed by atoms with E-state index in [0.29, 0.717) is 23.0 Å². The molecule has 2 saturated heterocycles. The predicted octanol–water partition coefficient (Wildman–Crippen LogP) is 3.63. The minimum Gasteiger partial charge on any atom is -0.478 e. The summed E-state index contributed by atoms with van der Waals surface area (Å²) in [6, 6.07) is 5.50. The van der Waals surface area contributed by atoms with Gasteiger partial charge in [0.25, 0.3) is 0 Å². The van der Waals surface area contributed by atoms with Crippen LogP contribution in [0.5, 0.6) is 0 Å². The minimum absolute atomic E-state index is 0.110. The van der Waals surface area contributed by atoms with Gasteiger partial charge in [-0.1, -0.05) is 29.3 Å². The Hall–Kier alpha value is -1.56. The van der Waals surface area contributed by atoms with E-state index in [4.69, 9.17) is 28.3 Å². The molecule has 0 aromatic heterocycles. The molecule has 0 spiro atoms. The lowest BCUT2D eigenvalue weighted by Crippen LogP contribution is -2.49. The molecular weight excluding hydrogens is 387 g/mol. The van der Waals surface area contributed by atoms with Gasteiger partial charge in [0.15, 0.2) is 0 Å². The van der Waals surface area contributed by atoms with E-state index in [1.165, 1.54) is 6.08 Å². The Morgan fingerprint density at radius 3 is 2.74 bits per heavy atom. The van der Waals surface area contributed by atoms with Crippen molar-refractivity contribution in [1.29, 1.82) is 0 Å². The van der Waals surface area contributed by atoms with Gasteiger partial charge in [0, 0.05) is 38.3 Å². The summed E-state index contributed by atoms with van der Waals surface area (Å²) in [4.78, 5) is 28.0. The van der Waals surface area contributed by atoms with Crippen molar-refractivity contribution in [2.75, 3.05) is 26.2 Å². The van der Waals surface area contributed by atoms with Crippen LogP contribution in [0.3, 0.4) is 0 Å². The van der Waals surface area contributed by atoms with Crippen LogP contribution in [0.2, 0.25) is 10.0 Å². The molecule has 1 amide bonds. The molecule has 0 aliphatic carbocycles. The largest absolute Gasteiger partial charge is 0.478 e. The van der Waals surface area contributed by atoms with Gasteiger partial charge in [-0.15, -0.1) is 0 Å². The maximum Gasteiger partial charge on any atom is 0.328 e. The van der Waals surface area contributed by atoms with E-state index in [0.717, 1.165) is 56.5 Å². The summed E-state index contributed by atoms with van der Waals surface area (Å²) in [5, 5.41) is 9.86. The minimum atomic E-state index is -0.886. The monoisotopic (exact) mass is 410 g/mol. The Kier molecular flexibility index (Phi) is 6.79. The molecule has 2 aliphatic rings. The number of benzene rings is 1. The maximum atomic E-state index is 12.9. The van der Waals surface area contributed by atoms with Crippen LogP contribution in [0.1, 0.15) is 31.2 Å². The first-order valence-corrected chi connectivity index (χ1v) is 10.1. The highest BCUT2D eigenvalue weighted by molar-refractivity contribution is 6.42. The van der Waals surface area contributed by atoms with Crippen molar-refractivity contribution in [3.8, 4) is 0 Å².